The summed E-state index contributed by atoms with van der Waals surface area (Å²) in [4.78, 5) is 16.0. The number of carbonyl (C=O) groups excluding carboxylic acids is 1. The molecule has 1 aromatic rings. The van der Waals surface area contributed by atoms with Gasteiger partial charge >= 0.3 is 5.97 Å². The highest BCUT2D eigenvalue weighted by Crippen LogP contribution is 2.38. The van der Waals surface area contributed by atoms with Crippen molar-refractivity contribution < 1.29 is 9.53 Å². The maximum atomic E-state index is 12.0. The van der Waals surface area contributed by atoms with Crippen LogP contribution < -0.4 is 0 Å². The van der Waals surface area contributed by atoms with Crippen molar-refractivity contribution in [1.82, 2.24) is 9.55 Å². The summed E-state index contributed by atoms with van der Waals surface area (Å²) in [7, 11) is 0. The molecule has 0 atom stereocenters. The van der Waals surface area contributed by atoms with Gasteiger partial charge in [-0.05, 0) is 25.7 Å². The Morgan fingerprint density at radius 1 is 1.28 bits per heavy atom. The van der Waals surface area contributed by atoms with Gasteiger partial charge in [0.1, 0.15) is 0 Å². The van der Waals surface area contributed by atoms with Crippen LogP contribution in [0.1, 0.15) is 41.0 Å². The van der Waals surface area contributed by atoms with Crippen LogP contribution in [0.4, 0.5) is 0 Å². The number of rotatable bonds is 5. The van der Waals surface area contributed by atoms with E-state index < -0.39 is 5.41 Å². The van der Waals surface area contributed by atoms with Gasteiger partial charge in [0.15, 0.2) is 0 Å². The van der Waals surface area contributed by atoms with E-state index in [1.165, 1.54) is 0 Å². The van der Waals surface area contributed by atoms with E-state index in [4.69, 9.17) is 4.74 Å². The minimum Gasteiger partial charge on any atom is -0.465 e. The molecule has 0 aromatic carbocycles. The Kier molecular flexibility index (Phi) is 4.54. The maximum Gasteiger partial charge on any atom is 0.312 e. The lowest BCUT2D eigenvalue weighted by Gasteiger charge is -2.36. The van der Waals surface area contributed by atoms with E-state index in [0.717, 1.165) is 13.0 Å². The first kappa shape index (κ1) is 14.7. The summed E-state index contributed by atoms with van der Waals surface area (Å²) in [5, 5.41) is 0. The predicted octanol–water partition coefficient (Wildman–Crippen LogP) is 2.89. The average Bonchev–Trinajstić information content (AvgIpc) is 2.75. The molecule has 0 N–H and O–H groups in total. The van der Waals surface area contributed by atoms with Crippen LogP contribution in [0.25, 0.3) is 0 Å². The van der Waals surface area contributed by atoms with Crippen LogP contribution in [0.2, 0.25) is 0 Å². The van der Waals surface area contributed by atoms with Gasteiger partial charge in [0.05, 0.1) is 18.3 Å². The highest BCUT2D eigenvalue weighted by molar-refractivity contribution is 5.76. The molecule has 1 heterocycles. The van der Waals surface area contributed by atoms with Crippen molar-refractivity contribution in [2.24, 2.45) is 10.8 Å². The summed E-state index contributed by atoms with van der Waals surface area (Å²) >= 11 is 0. The van der Waals surface area contributed by atoms with E-state index in [1.54, 1.807) is 12.5 Å². The van der Waals surface area contributed by atoms with E-state index in [1.807, 2.05) is 24.6 Å². The average molecular weight is 252 g/mol. The van der Waals surface area contributed by atoms with Gasteiger partial charge in [0.25, 0.3) is 0 Å². The number of aromatic nitrogens is 2. The largest absolute Gasteiger partial charge is 0.465 e. The van der Waals surface area contributed by atoms with Crippen LogP contribution in [0.15, 0.2) is 18.7 Å². The molecule has 0 saturated heterocycles. The van der Waals surface area contributed by atoms with Gasteiger partial charge in [0.2, 0.25) is 0 Å². The van der Waals surface area contributed by atoms with Gasteiger partial charge in [-0.2, -0.15) is 0 Å². The molecule has 0 saturated carbocycles. The third-order valence-electron chi connectivity index (χ3n) is 3.74. The van der Waals surface area contributed by atoms with Crippen LogP contribution in [0.3, 0.4) is 0 Å². The minimum absolute atomic E-state index is 0.103. The normalized spacial score (nSPS) is 12.5. The Balaban J connectivity index is 2.33. The molecule has 1 rings (SSSR count). The van der Waals surface area contributed by atoms with Gasteiger partial charge in [-0.3, -0.25) is 4.79 Å². The third-order valence-corrected chi connectivity index (χ3v) is 3.74. The van der Waals surface area contributed by atoms with E-state index in [-0.39, 0.29) is 11.4 Å². The van der Waals surface area contributed by atoms with Crippen LogP contribution in [-0.4, -0.2) is 22.1 Å². The molecule has 0 bridgehead atoms. The number of aryl methyl sites for hydroxylation is 1. The first-order chi connectivity index (χ1) is 8.25. The summed E-state index contributed by atoms with van der Waals surface area (Å²) in [6.07, 6.45) is 6.22. The van der Waals surface area contributed by atoms with Gasteiger partial charge < -0.3 is 9.30 Å². The van der Waals surface area contributed by atoms with Gasteiger partial charge in [0, 0.05) is 18.9 Å². The quantitative estimate of drug-likeness (QED) is 0.598. The van der Waals surface area contributed by atoms with Crippen LogP contribution in [0, 0.1) is 10.8 Å². The highest BCUT2D eigenvalue weighted by Gasteiger charge is 2.40. The lowest BCUT2D eigenvalue weighted by atomic mass is 9.69. The molecular formula is C14H24N2O2. The molecule has 4 nitrogen and oxygen atoms in total. The van der Waals surface area contributed by atoms with Crippen LogP contribution in [0.5, 0.6) is 0 Å². The molecule has 0 aliphatic heterocycles. The van der Waals surface area contributed by atoms with Crippen molar-refractivity contribution >= 4 is 5.97 Å². The van der Waals surface area contributed by atoms with Crippen LogP contribution in [-0.2, 0) is 16.1 Å². The van der Waals surface area contributed by atoms with Crippen LogP contribution >= 0.6 is 0 Å². The molecule has 0 unspecified atom stereocenters. The molecule has 102 valence electrons. The van der Waals surface area contributed by atoms with Gasteiger partial charge in [-0.1, -0.05) is 20.8 Å². The number of imidazole rings is 1. The summed E-state index contributed by atoms with van der Waals surface area (Å²) in [6, 6.07) is 0. The number of hydrogen-bond donors (Lipinski definition) is 0. The zero-order valence-corrected chi connectivity index (χ0v) is 12.1. The van der Waals surface area contributed by atoms with E-state index in [9.17, 15) is 4.79 Å². The molecule has 0 spiro atoms. The summed E-state index contributed by atoms with van der Waals surface area (Å²) in [5.41, 5.74) is -0.573. The van der Waals surface area contributed by atoms with Crippen molar-refractivity contribution in [3.8, 4) is 0 Å². The molecule has 0 radical (unpaired) electrons. The van der Waals surface area contributed by atoms with Crippen molar-refractivity contribution in [2.75, 3.05) is 6.61 Å². The SMILES string of the molecule is CC(C)(C)C(C)(C)C(=O)OCCCn1ccnc1. The third kappa shape index (κ3) is 3.59. The summed E-state index contributed by atoms with van der Waals surface area (Å²) < 4.78 is 7.33. The Morgan fingerprint density at radius 2 is 1.94 bits per heavy atom. The van der Waals surface area contributed by atoms with Crippen molar-refractivity contribution in [2.45, 2.75) is 47.6 Å². The molecular weight excluding hydrogens is 228 g/mol. The smallest absolute Gasteiger partial charge is 0.312 e. The molecule has 0 aliphatic rings. The highest BCUT2D eigenvalue weighted by atomic mass is 16.5. The number of esters is 1. The molecule has 0 fully saturated rings. The fraction of sp³-hybridized carbons (Fsp3) is 0.714. The second kappa shape index (κ2) is 5.55. The van der Waals surface area contributed by atoms with Gasteiger partial charge in [-0.15, -0.1) is 0 Å². The fourth-order valence-corrected chi connectivity index (χ4v) is 1.32. The Morgan fingerprint density at radius 3 is 2.44 bits per heavy atom. The molecule has 18 heavy (non-hydrogen) atoms. The Labute approximate surface area is 109 Å². The van der Waals surface area contributed by atoms with Crippen molar-refractivity contribution in [1.29, 1.82) is 0 Å². The zero-order valence-electron chi connectivity index (χ0n) is 12.1. The molecule has 4 heteroatoms. The van der Waals surface area contributed by atoms with Gasteiger partial charge in [-0.25, -0.2) is 4.98 Å². The first-order valence-corrected chi connectivity index (χ1v) is 6.38. The Bertz CT molecular complexity index is 375. The number of hydrogen-bond acceptors (Lipinski definition) is 3. The second-order valence-corrected chi connectivity index (χ2v) is 6.16. The second-order valence-electron chi connectivity index (χ2n) is 6.16. The maximum absolute atomic E-state index is 12.0. The number of ether oxygens (including phenoxy) is 1. The standard InChI is InChI=1S/C14H24N2O2/c1-13(2,3)14(4,5)12(17)18-10-6-8-16-9-7-15-11-16/h7,9,11H,6,8,10H2,1-5H3. The van der Waals surface area contributed by atoms with E-state index in [2.05, 4.69) is 25.8 Å². The van der Waals surface area contributed by atoms with Crippen molar-refractivity contribution in [3.05, 3.63) is 18.7 Å². The first-order valence-electron chi connectivity index (χ1n) is 6.38. The fourth-order valence-electron chi connectivity index (χ4n) is 1.32. The molecule has 0 aliphatic carbocycles. The Hall–Kier alpha value is -1.32. The van der Waals surface area contributed by atoms with E-state index >= 15 is 0 Å². The van der Waals surface area contributed by atoms with Crippen molar-refractivity contribution in [3.63, 3.8) is 0 Å². The predicted molar refractivity (Wildman–Crippen MR) is 71.0 cm³/mol. The molecule has 1 aromatic heterocycles. The number of nitrogens with zero attached hydrogens (tertiary/aromatic N) is 2. The minimum atomic E-state index is -0.470. The zero-order chi connectivity index (χ0) is 13.8. The topological polar surface area (TPSA) is 44.1 Å². The monoisotopic (exact) mass is 252 g/mol. The summed E-state index contributed by atoms with van der Waals surface area (Å²) in [5.74, 6) is -0.124. The lowest BCUT2D eigenvalue weighted by molar-refractivity contribution is -0.160. The summed E-state index contributed by atoms with van der Waals surface area (Å²) in [6.45, 7) is 11.3. The lowest BCUT2D eigenvalue weighted by Crippen LogP contribution is -2.39. The molecule has 0 amide bonds. The van der Waals surface area contributed by atoms with E-state index in [0.29, 0.717) is 6.61 Å². The number of carbonyl (C=O) groups is 1.